The Morgan fingerprint density at radius 3 is 2.57 bits per heavy atom. The first kappa shape index (κ1) is 17.7. The zero-order chi connectivity index (χ0) is 16.8. The van der Waals surface area contributed by atoms with Gasteiger partial charge in [0.15, 0.2) is 0 Å². The summed E-state index contributed by atoms with van der Waals surface area (Å²) >= 11 is 0. The molecule has 1 aromatic rings. The second-order valence-electron chi connectivity index (χ2n) is 6.38. The quantitative estimate of drug-likeness (QED) is 0.819. The van der Waals surface area contributed by atoms with Crippen molar-refractivity contribution in [1.82, 2.24) is 4.90 Å². The van der Waals surface area contributed by atoms with Crippen molar-refractivity contribution in [2.75, 3.05) is 18.4 Å². The molecule has 0 bridgehead atoms. The zero-order valence-electron chi connectivity index (χ0n) is 14.4. The van der Waals surface area contributed by atoms with Crippen molar-refractivity contribution in [3.8, 4) is 0 Å². The number of hydrogen-bond acceptors (Lipinski definition) is 3. The lowest BCUT2D eigenvalue weighted by Gasteiger charge is -2.30. The predicted molar refractivity (Wildman–Crippen MR) is 94.3 cm³/mol. The Balaban J connectivity index is 2.07. The van der Waals surface area contributed by atoms with Gasteiger partial charge in [-0.1, -0.05) is 30.7 Å². The summed E-state index contributed by atoms with van der Waals surface area (Å²) in [7, 11) is 0. The summed E-state index contributed by atoms with van der Waals surface area (Å²) in [5.41, 5.74) is 3.92. The van der Waals surface area contributed by atoms with Crippen LogP contribution in [0.3, 0.4) is 0 Å². The molecular weight excluding hydrogens is 288 g/mol. The van der Waals surface area contributed by atoms with E-state index in [9.17, 15) is 9.90 Å². The molecule has 0 spiro atoms. The first-order valence-corrected chi connectivity index (χ1v) is 8.47. The molecule has 1 heterocycles. The number of nitrogens with one attached hydrogen (secondary N) is 1. The fourth-order valence-electron chi connectivity index (χ4n) is 2.77. The van der Waals surface area contributed by atoms with Gasteiger partial charge in [-0.15, -0.1) is 0 Å². The molecule has 23 heavy (non-hydrogen) atoms. The highest BCUT2D eigenvalue weighted by molar-refractivity contribution is 6.04. The van der Waals surface area contributed by atoms with Crippen molar-refractivity contribution in [3.05, 3.63) is 41.0 Å². The lowest BCUT2D eigenvalue weighted by atomic mass is 10.1. The molecule has 2 N–H and O–H groups in total. The monoisotopic (exact) mass is 316 g/mol. The van der Waals surface area contributed by atoms with Gasteiger partial charge in [-0.05, 0) is 44.7 Å². The topological polar surface area (TPSA) is 52.6 Å². The Bertz CT molecular complexity index is 572. The van der Waals surface area contributed by atoms with Gasteiger partial charge in [0.25, 0.3) is 5.91 Å². The van der Waals surface area contributed by atoms with E-state index in [1.807, 2.05) is 32.0 Å². The maximum Gasteiger partial charge on any atom is 0.251 e. The minimum atomic E-state index is -0.161. The Morgan fingerprint density at radius 1 is 1.26 bits per heavy atom. The van der Waals surface area contributed by atoms with Crippen LogP contribution in [0.4, 0.5) is 5.69 Å². The number of amides is 1. The summed E-state index contributed by atoms with van der Waals surface area (Å²) < 4.78 is 0. The first-order valence-electron chi connectivity index (χ1n) is 8.47. The highest BCUT2D eigenvalue weighted by Gasteiger charge is 2.18. The SMILES string of the molecule is CC/C(C)=C(/C)C(=O)Nc1ccccc1CN1CCC(O)CC1. The lowest BCUT2D eigenvalue weighted by Crippen LogP contribution is -2.35. The zero-order valence-corrected chi connectivity index (χ0v) is 14.4. The third kappa shape index (κ3) is 4.91. The summed E-state index contributed by atoms with van der Waals surface area (Å²) in [6.45, 7) is 8.54. The highest BCUT2D eigenvalue weighted by atomic mass is 16.3. The molecule has 0 radical (unpaired) electrons. The maximum absolute atomic E-state index is 12.4. The second kappa shape index (κ2) is 8.27. The Hall–Kier alpha value is -1.65. The van der Waals surface area contributed by atoms with Crippen LogP contribution in [0, 0.1) is 0 Å². The van der Waals surface area contributed by atoms with Crippen LogP contribution >= 0.6 is 0 Å². The molecule has 0 aliphatic carbocycles. The van der Waals surface area contributed by atoms with E-state index >= 15 is 0 Å². The molecule has 4 nitrogen and oxygen atoms in total. The van der Waals surface area contributed by atoms with Gasteiger partial charge in [-0.25, -0.2) is 0 Å². The summed E-state index contributed by atoms with van der Waals surface area (Å²) in [5.74, 6) is -0.0223. The van der Waals surface area contributed by atoms with Crippen LogP contribution in [0.25, 0.3) is 0 Å². The van der Waals surface area contributed by atoms with Crippen LogP contribution in [0.5, 0.6) is 0 Å². The number of benzene rings is 1. The molecule has 1 aromatic carbocycles. The van der Waals surface area contributed by atoms with Gasteiger partial charge in [0.2, 0.25) is 0 Å². The number of rotatable bonds is 5. The molecule has 1 amide bonds. The average Bonchev–Trinajstić information content (AvgIpc) is 2.57. The molecule has 1 saturated heterocycles. The number of likely N-dealkylation sites (tertiary alicyclic amines) is 1. The lowest BCUT2D eigenvalue weighted by molar-refractivity contribution is -0.112. The van der Waals surface area contributed by atoms with Gasteiger partial charge in [-0.3, -0.25) is 9.69 Å². The Morgan fingerprint density at radius 2 is 1.91 bits per heavy atom. The molecule has 1 aliphatic heterocycles. The van der Waals surface area contributed by atoms with Gasteiger partial charge < -0.3 is 10.4 Å². The van der Waals surface area contributed by atoms with Crippen LogP contribution in [-0.4, -0.2) is 35.1 Å². The molecule has 0 unspecified atom stereocenters. The number of piperidine rings is 1. The minimum Gasteiger partial charge on any atom is -0.393 e. The molecule has 126 valence electrons. The largest absolute Gasteiger partial charge is 0.393 e. The molecule has 1 fully saturated rings. The summed E-state index contributed by atoms with van der Waals surface area (Å²) in [6.07, 6.45) is 2.38. The van der Waals surface area contributed by atoms with Gasteiger partial charge in [0, 0.05) is 30.9 Å². The van der Waals surface area contributed by atoms with Crippen LogP contribution in [0.15, 0.2) is 35.4 Å². The smallest absolute Gasteiger partial charge is 0.251 e. The fraction of sp³-hybridized carbons (Fsp3) is 0.526. The van der Waals surface area contributed by atoms with Crippen LogP contribution in [0.2, 0.25) is 0 Å². The maximum atomic E-state index is 12.4. The van der Waals surface area contributed by atoms with Crippen molar-refractivity contribution >= 4 is 11.6 Å². The van der Waals surface area contributed by atoms with Gasteiger partial charge in [0.1, 0.15) is 0 Å². The summed E-state index contributed by atoms with van der Waals surface area (Å²) in [6, 6.07) is 7.97. The second-order valence-corrected chi connectivity index (χ2v) is 6.38. The third-order valence-corrected chi connectivity index (χ3v) is 4.73. The molecular formula is C19H28N2O2. The molecule has 2 rings (SSSR count). The van der Waals surface area contributed by atoms with E-state index < -0.39 is 0 Å². The molecule has 0 aromatic heterocycles. The number of anilines is 1. The van der Waals surface area contributed by atoms with E-state index in [-0.39, 0.29) is 12.0 Å². The Kier molecular flexibility index (Phi) is 6.37. The van der Waals surface area contributed by atoms with Crippen LogP contribution in [0.1, 0.15) is 45.6 Å². The van der Waals surface area contributed by atoms with E-state index in [4.69, 9.17) is 0 Å². The van der Waals surface area contributed by atoms with E-state index in [0.717, 1.165) is 61.3 Å². The van der Waals surface area contributed by atoms with E-state index in [0.29, 0.717) is 0 Å². The number of allylic oxidation sites excluding steroid dienone is 1. The van der Waals surface area contributed by atoms with Crippen LogP contribution in [-0.2, 0) is 11.3 Å². The summed E-state index contributed by atoms with van der Waals surface area (Å²) in [5, 5.41) is 12.7. The molecule has 4 heteroatoms. The number of carbonyl (C=O) groups is 1. The van der Waals surface area contributed by atoms with Crippen molar-refractivity contribution in [1.29, 1.82) is 0 Å². The minimum absolute atomic E-state index is 0.0223. The number of carbonyl (C=O) groups excluding carboxylic acids is 1. The first-order chi connectivity index (χ1) is 11.0. The van der Waals surface area contributed by atoms with Gasteiger partial charge in [0.05, 0.1) is 6.10 Å². The van der Waals surface area contributed by atoms with E-state index in [1.165, 1.54) is 0 Å². The van der Waals surface area contributed by atoms with Gasteiger partial charge in [-0.2, -0.15) is 0 Å². The number of nitrogens with zero attached hydrogens (tertiary/aromatic N) is 1. The Labute approximate surface area is 139 Å². The standard InChI is InChI=1S/C19H28N2O2/c1-4-14(2)15(3)19(23)20-18-8-6-5-7-16(18)13-21-11-9-17(22)10-12-21/h5-8,17,22H,4,9-13H2,1-3H3,(H,20,23)/b15-14-. The average molecular weight is 316 g/mol. The van der Waals surface area contributed by atoms with Crippen molar-refractivity contribution < 1.29 is 9.90 Å². The van der Waals surface area contributed by atoms with Gasteiger partial charge >= 0.3 is 0 Å². The molecule has 0 atom stereocenters. The molecule has 1 aliphatic rings. The fourth-order valence-corrected chi connectivity index (χ4v) is 2.77. The number of aliphatic hydroxyl groups is 1. The predicted octanol–water partition coefficient (Wildman–Crippen LogP) is 3.33. The number of aliphatic hydroxyl groups excluding tert-OH is 1. The normalized spacial score (nSPS) is 17.7. The van der Waals surface area contributed by atoms with Crippen LogP contribution < -0.4 is 5.32 Å². The van der Waals surface area contributed by atoms with Crippen molar-refractivity contribution in [2.24, 2.45) is 0 Å². The van der Waals surface area contributed by atoms with E-state index in [2.05, 4.69) is 23.2 Å². The molecule has 0 saturated carbocycles. The van der Waals surface area contributed by atoms with Crippen molar-refractivity contribution in [3.63, 3.8) is 0 Å². The van der Waals surface area contributed by atoms with E-state index in [1.54, 1.807) is 0 Å². The number of hydrogen-bond donors (Lipinski definition) is 2. The number of para-hydroxylation sites is 1. The highest BCUT2D eigenvalue weighted by Crippen LogP contribution is 2.21. The van der Waals surface area contributed by atoms with Crippen molar-refractivity contribution in [2.45, 2.75) is 52.7 Å². The third-order valence-electron chi connectivity index (χ3n) is 4.73. The summed E-state index contributed by atoms with van der Waals surface area (Å²) in [4.78, 5) is 14.7.